The van der Waals surface area contributed by atoms with Gasteiger partial charge in [-0.1, -0.05) is 19.1 Å². The maximum atomic E-state index is 12.0. The third-order valence-corrected chi connectivity index (χ3v) is 3.22. The monoisotopic (exact) mass is 261 g/mol. The van der Waals surface area contributed by atoms with Gasteiger partial charge in [-0.3, -0.25) is 9.59 Å². The van der Waals surface area contributed by atoms with Crippen LogP contribution in [0.2, 0.25) is 0 Å². The van der Waals surface area contributed by atoms with Crippen LogP contribution in [0.5, 0.6) is 0 Å². The molecule has 0 aliphatic carbocycles. The van der Waals surface area contributed by atoms with Crippen LogP contribution in [0.15, 0.2) is 24.3 Å². The van der Waals surface area contributed by atoms with E-state index in [1.165, 1.54) is 0 Å². The van der Waals surface area contributed by atoms with E-state index in [2.05, 4.69) is 0 Å². The van der Waals surface area contributed by atoms with Crippen molar-refractivity contribution < 1.29 is 9.59 Å². The number of benzene rings is 1. The zero-order valence-electron chi connectivity index (χ0n) is 11.1. The molecule has 0 bridgehead atoms. The summed E-state index contributed by atoms with van der Waals surface area (Å²) in [6.07, 6.45) is 0.869. The average Bonchev–Trinajstić information content (AvgIpc) is 2.39. The quantitative estimate of drug-likeness (QED) is 0.645. The molecule has 2 N–H and O–H groups in total. The summed E-state index contributed by atoms with van der Waals surface area (Å²) in [5.41, 5.74) is 7.33. The lowest BCUT2D eigenvalue weighted by atomic mass is 10.1. The molecule has 2 rings (SSSR count). The van der Waals surface area contributed by atoms with Crippen molar-refractivity contribution in [2.75, 3.05) is 25.4 Å². The highest BCUT2D eigenvalue weighted by atomic mass is 16.2. The van der Waals surface area contributed by atoms with Crippen LogP contribution in [0.25, 0.3) is 0 Å². The molecule has 0 aromatic heterocycles. The fraction of sp³-hybridized carbons (Fsp3) is 0.429. The smallest absolute Gasteiger partial charge is 0.312 e. The molecule has 1 aliphatic rings. The van der Waals surface area contributed by atoms with Crippen molar-refractivity contribution in [3.8, 4) is 0 Å². The normalized spacial score (nSPS) is 16.1. The molecule has 1 aromatic carbocycles. The molecule has 0 saturated carbocycles. The van der Waals surface area contributed by atoms with Crippen LogP contribution in [0, 0.1) is 0 Å². The molecule has 2 amide bonds. The molecule has 0 spiro atoms. The molecule has 1 fully saturated rings. The van der Waals surface area contributed by atoms with Crippen molar-refractivity contribution in [3.63, 3.8) is 0 Å². The number of amides is 2. The molecule has 1 saturated heterocycles. The Morgan fingerprint density at radius 2 is 1.84 bits per heavy atom. The van der Waals surface area contributed by atoms with Gasteiger partial charge in [-0.2, -0.15) is 0 Å². The third-order valence-electron chi connectivity index (χ3n) is 3.22. The second-order valence-electron chi connectivity index (χ2n) is 4.76. The minimum atomic E-state index is -0.415. The number of nitrogens with two attached hydrogens (primary N) is 1. The molecule has 1 aliphatic heterocycles. The van der Waals surface area contributed by atoms with Gasteiger partial charge in [0, 0.05) is 31.9 Å². The molecule has 102 valence electrons. The van der Waals surface area contributed by atoms with Crippen LogP contribution in [0.3, 0.4) is 0 Å². The predicted octanol–water partition coefficient (Wildman–Crippen LogP) is 0.850. The summed E-state index contributed by atoms with van der Waals surface area (Å²) >= 11 is 0. The van der Waals surface area contributed by atoms with E-state index in [-0.39, 0.29) is 0 Å². The highest BCUT2D eigenvalue weighted by Crippen LogP contribution is 2.13. The zero-order chi connectivity index (χ0) is 13.8. The van der Waals surface area contributed by atoms with Crippen molar-refractivity contribution in [2.45, 2.75) is 19.9 Å². The fourth-order valence-corrected chi connectivity index (χ4v) is 2.26. The van der Waals surface area contributed by atoms with Gasteiger partial charge in [0.15, 0.2) is 0 Å². The number of hydrogen-bond acceptors (Lipinski definition) is 3. The van der Waals surface area contributed by atoms with E-state index in [1.807, 2.05) is 25.1 Å². The van der Waals surface area contributed by atoms with Gasteiger partial charge >= 0.3 is 11.8 Å². The van der Waals surface area contributed by atoms with Crippen molar-refractivity contribution in [2.24, 2.45) is 0 Å². The van der Waals surface area contributed by atoms with Crippen LogP contribution >= 0.6 is 0 Å². The zero-order valence-corrected chi connectivity index (χ0v) is 11.1. The summed E-state index contributed by atoms with van der Waals surface area (Å²) in [6.45, 7) is 4.28. The van der Waals surface area contributed by atoms with Gasteiger partial charge < -0.3 is 15.5 Å². The Hall–Kier alpha value is -2.04. The summed E-state index contributed by atoms with van der Waals surface area (Å²) in [5.74, 6) is -0.806. The van der Waals surface area contributed by atoms with Crippen molar-refractivity contribution in [1.82, 2.24) is 9.80 Å². The van der Waals surface area contributed by atoms with E-state index < -0.39 is 11.8 Å². The van der Waals surface area contributed by atoms with Gasteiger partial charge in [0.25, 0.3) is 0 Å². The number of nitrogens with zero attached hydrogens (tertiary/aromatic N) is 2. The first-order valence-corrected chi connectivity index (χ1v) is 6.54. The number of rotatable bonds is 4. The number of carbonyl (C=O) groups is 2. The molecular weight excluding hydrogens is 242 g/mol. The number of piperazine rings is 1. The SMILES string of the molecule is CCCN1CCN(Cc2cccc(N)c2)C(=O)C1=O. The maximum absolute atomic E-state index is 12.0. The summed E-state index contributed by atoms with van der Waals surface area (Å²) < 4.78 is 0. The van der Waals surface area contributed by atoms with Crippen molar-refractivity contribution in [3.05, 3.63) is 29.8 Å². The second-order valence-corrected chi connectivity index (χ2v) is 4.76. The van der Waals surface area contributed by atoms with Gasteiger partial charge in [0.1, 0.15) is 0 Å². The predicted molar refractivity (Wildman–Crippen MR) is 73.1 cm³/mol. The highest BCUT2D eigenvalue weighted by molar-refractivity contribution is 6.35. The van der Waals surface area contributed by atoms with E-state index in [9.17, 15) is 9.59 Å². The Morgan fingerprint density at radius 1 is 1.16 bits per heavy atom. The molecule has 0 atom stereocenters. The Labute approximate surface area is 113 Å². The Bertz CT molecular complexity index is 487. The van der Waals surface area contributed by atoms with E-state index >= 15 is 0 Å². The van der Waals surface area contributed by atoms with Gasteiger partial charge in [-0.05, 0) is 24.1 Å². The Balaban J connectivity index is 2.03. The van der Waals surface area contributed by atoms with Crippen molar-refractivity contribution in [1.29, 1.82) is 0 Å². The number of nitrogen functional groups attached to an aromatic ring is 1. The fourth-order valence-electron chi connectivity index (χ4n) is 2.26. The molecule has 0 radical (unpaired) electrons. The molecule has 19 heavy (non-hydrogen) atoms. The molecule has 1 aromatic rings. The minimum Gasteiger partial charge on any atom is -0.399 e. The summed E-state index contributed by atoms with van der Waals surface area (Å²) in [5, 5.41) is 0. The summed E-state index contributed by atoms with van der Waals surface area (Å²) in [4.78, 5) is 27.1. The molecule has 1 heterocycles. The first kappa shape index (κ1) is 13.4. The molecule has 0 unspecified atom stereocenters. The van der Waals surface area contributed by atoms with E-state index in [4.69, 9.17) is 5.73 Å². The topological polar surface area (TPSA) is 66.6 Å². The summed E-state index contributed by atoms with van der Waals surface area (Å²) in [7, 11) is 0. The first-order valence-electron chi connectivity index (χ1n) is 6.54. The lowest BCUT2D eigenvalue weighted by Crippen LogP contribution is -2.53. The van der Waals surface area contributed by atoms with E-state index in [0.717, 1.165) is 12.0 Å². The lowest BCUT2D eigenvalue weighted by Gasteiger charge is -2.33. The van der Waals surface area contributed by atoms with E-state index in [1.54, 1.807) is 15.9 Å². The largest absolute Gasteiger partial charge is 0.399 e. The summed E-state index contributed by atoms with van der Waals surface area (Å²) in [6, 6.07) is 7.39. The second kappa shape index (κ2) is 5.73. The first-order chi connectivity index (χ1) is 9.11. The van der Waals surface area contributed by atoms with Crippen molar-refractivity contribution >= 4 is 17.5 Å². The highest BCUT2D eigenvalue weighted by Gasteiger charge is 2.31. The molecule has 5 heteroatoms. The van der Waals surface area contributed by atoms with Gasteiger partial charge in [0.2, 0.25) is 0 Å². The standard InChI is InChI=1S/C14H19N3O2/c1-2-6-16-7-8-17(14(19)13(16)18)10-11-4-3-5-12(15)9-11/h3-5,9H,2,6-8,10,15H2,1H3. The third kappa shape index (κ3) is 3.05. The molecule has 5 nitrogen and oxygen atoms in total. The van der Waals surface area contributed by atoms with Gasteiger partial charge in [0.05, 0.1) is 0 Å². The Kier molecular flexibility index (Phi) is 4.04. The lowest BCUT2D eigenvalue weighted by molar-refractivity contribution is -0.156. The van der Waals surface area contributed by atoms with Gasteiger partial charge in [-0.25, -0.2) is 0 Å². The average molecular weight is 261 g/mol. The number of anilines is 1. The maximum Gasteiger partial charge on any atom is 0.312 e. The van der Waals surface area contributed by atoms with Crippen LogP contribution in [-0.2, 0) is 16.1 Å². The van der Waals surface area contributed by atoms with Crippen LogP contribution in [0.4, 0.5) is 5.69 Å². The van der Waals surface area contributed by atoms with Gasteiger partial charge in [-0.15, -0.1) is 0 Å². The molecular formula is C14H19N3O2. The Morgan fingerprint density at radius 3 is 2.53 bits per heavy atom. The van der Waals surface area contributed by atoms with E-state index in [0.29, 0.717) is 31.9 Å². The minimum absolute atomic E-state index is 0.392. The van der Waals surface area contributed by atoms with Crippen LogP contribution < -0.4 is 5.73 Å². The number of carbonyl (C=O) groups excluding carboxylic acids is 2. The van der Waals surface area contributed by atoms with Crippen LogP contribution in [-0.4, -0.2) is 41.2 Å². The number of hydrogen-bond donors (Lipinski definition) is 1. The van der Waals surface area contributed by atoms with Crippen LogP contribution in [0.1, 0.15) is 18.9 Å².